The number of hydrogen-bond acceptors (Lipinski definition) is 5. The first-order valence-electron chi connectivity index (χ1n) is 7.02. The fraction of sp³-hybridized carbons (Fsp3) is 0.467. The average molecular weight is 307 g/mol. The summed E-state index contributed by atoms with van der Waals surface area (Å²) in [5, 5.41) is 6.14. The molecular weight excluding hydrogens is 286 g/mol. The molecule has 0 radical (unpaired) electrons. The Morgan fingerprint density at radius 3 is 2.81 bits per heavy atom. The number of ether oxygens (including phenoxy) is 1. The van der Waals surface area contributed by atoms with Crippen molar-refractivity contribution in [2.75, 3.05) is 11.9 Å². The number of esters is 1. The molecule has 0 saturated heterocycles. The summed E-state index contributed by atoms with van der Waals surface area (Å²) in [7, 11) is 0. The summed E-state index contributed by atoms with van der Waals surface area (Å²) >= 11 is 1.56. The zero-order valence-corrected chi connectivity index (χ0v) is 13.9. The van der Waals surface area contributed by atoms with Crippen molar-refractivity contribution in [2.45, 2.75) is 40.7 Å². The topological polar surface area (TPSA) is 67.0 Å². The second-order valence-corrected chi connectivity index (χ2v) is 6.04. The van der Waals surface area contributed by atoms with Crippen molar-refractivity contribution in [1.29, 1.82) is 0 Å². The van der Waals surface area contributed by atoms with Crippen molar-refractivity contribution in [3.63, 3.8) is 0 Å². The molecule has 0 aliphatic rings. The molecule has 0 saturated carbocycles. The van der Waals surface area contributed by atoms with Gasteiger partial charge in [0.2, 0.25) is 0 Å². The van der Waals surface area contributed by atoms with E-state index in [1.165, 1.54) is 0 Å². The Kier molecular flexibility index (Phi) is 4.67. The molecule has 21 heavy (non-hydrogen) atoms. The van der Waals surface area contributed by atoms with Gasteiger partial charge in [0, 0.05) is 17.1 Å². The van der Waals surface area contributed by atoms with Crippen LogP contribution >= 0.6 is 11.3 Å². The molecule has 0 aromatic carbocycles. The minimum absolute atomic E-state index is 0.286. The second-order valence-electron chi connectivity index (χ2n) is 5.18. The third-order valence-corrected chi connectivity index (χ3v) is 3.86. The van der Waals surface area contributed by atoms with Crippen LogP contribution in [0, 0.1) is 13.8 Å². The van der Waals surface area contributed by atoms with Crippen molar-refractivity contribution in [3.8, 4) is 11.4 Å². The predicted molar refractivity (Wildman–Crippen MR) is 86.1 cm³/mol. The standard InChI is InChI=1S/C15H21N3O2S/c1-6-20-14(19)12-9(4)13(17-10(12)5)11-7-21-15(18-11)16-8(2)3/h7-8,17H,6H2,1-5H3,(H,16,18). The van der Waals surface area contributed by atoms with Gasteiger partial charge < -0.3 is 15.0 Å². The number of aromatic amines is 1. The Morgan fingerprint density at radius 2 is 2.19 bits per heavy atom. The smallest absolute Gasteiger partial charge is 0.340 e. The van der Waals surface area contributed by atoms with E-state index in [4.69, 9.17) is 4.74 Å². The first-order chi connectivity index (χ1) is 9.93. The van der Waals surface area contributed by atoms with Gasteiger partial charge >= 0.3 is 5.97 Å². The number of nitrogens with zero attached hydrogens (tertiary/aromatic N) is 1. The fourth-order valence-electron chi connectivity index (χ4n) is 2.22. The lowest BCUT2D eigenvalue weighted by molar-refractivity contribution is 0.0525. The number of carbonyl (C=O) groups excluding carboxylic acids is 1. The van der Waals surface area contributed by atoms with Gasteiger partial charge in [-0.1, -0.05) is 0 Å². The van der Waals surface area contributed by atoms with Gasteiger partial charge in [0.1, 0.15) is 5.69 Å². The molecule has 0 amide bonds. The number of thiazole rings is 1. The van der Waals surface area contributed by atoms with Gasteiger partial charge in [-0.3, -0.25) is 0 Å². The lowest BCUT2D eigenvalue weighted by atomic mass is 10.1. The highest BCUT2D eigenvalue weighted by Gasteiger charge is 2.21. The lowest BCUT2D eigenvalue weighted by Gasteiger charge is -2.04. The largest absolute Gasteiger partial charge is 0.462 e. The molecule has 2 heterocycles. The molecule has 0 aliphatic heterocycles. The maximum absolute atomic E-state index is 12.0. The quantitative estimate of drug-likeness (QED) is 0.826. The van der Waals surface area contributed by atoms with E-state index in [-0.39, 0.29) is 5.97 Å². The van der Waals surface area contributed by atoms with E-state index >= 15 is 0 Å². The monoisotopic (exact) mass is 307 g/mol. The summed E-state index contributed by atoms with van der Waals surface area (Å²) < 4.78 is 5.11. The Morgan fingerprint density at radius 1 is 1.48 bits per heavy atom. The maximum atomic E-state index is 12.0. The average Bonchev–Trinajstić information content (AvgIpc) is 2.94. The third-order valence-electron chi connectivity index (χ3n) is 3.09. The molecule has 0 unspecified atom stereocenters. The van der Waals surface area contributed by atoms with E-state index in [0.717, 1.165) is 27.8 Å². The fourth-order valence-corrected chi connectivity index (χ4v) is 3.07. The van der Waals surface area contributed by atoms with Gasteiger partial charge in [-0.25, -0.2) is 9.78 Å². The Balaban J connectivity index is 2.35. The van der Waals surface area contributed by atoms with Gasteiger partial charge in [-0.15, -0.1) is 11.3 Å². The number of aryl methyl sites for hydroxylation is 1. The second kappa shape index (κ2) is 6.30. The molecule has 0 fully saturated rings. The summed E-state index contributed by atoms with van der Waals surface area (Å²) in [6.45, 7) is 10.1. The van der Waals surface area contributed by atoms with Crippen LogP contribution in [0.15, 0.2) is 5.38 Å². The van der Waals surface area contributed by atoms with Gasteiger partial charge in [-0.05, 0) is 40.2 Å². The predicted octanol–water partition coefficient (Wildman–Crippen LogP) is 3.75. The number of H-pyrrole nitrogens is 1. The molecule has 2 rings (SSSR count). The highest BCUT2D eigenvalue weighted by Crippen LogP contribution is 2.30. The molecule has 2 N–H and O–H groups in total. The Bertz CT molecular complexity index is 643. The highest BCUT2D eigenvalue weighted by atomic mass is 32.1. The van der Waals surface area contributed by atoms with Crippen LogP contribution in [0.3, 0.4) is 0 Å². The number of carbonyl (C=O) groups is 1. The van der Waals surface area contributed by atoms with Crippen LogP contribution in [-0.2, 0) is 4.74 Å². The van der Waals surface area contributed by atoms with E-state index < -0.39 is 0 Å². The van der Waals surface area contributed by atoms with Crippen molar-refractivity contribution in [2.24, 2.45) is 0 Å². The summed E-state index contributed by atoms with van der Waals surface area (Å²) in [6, 6.07) is 0.338. The molecule has 0 bridgehead atoms. The van der Waals surface area contributed by atoms with Crippen LogP contribution in [0.1, 0.15) is 42.4 Å². The number of nitrogens with one attached hydrogen (secondary N) is 2. The van der Waals surface area contributed by atoms with Gasteiger partial charge in [0.25, 0.3) is 0 Å². The van der Waals surface area contributed by atoms with Crippen LogP contribution in [0.2, 0.25) is 0 Å². The van der Waals surface area contributed by atoms with Gasteiger partial charge in [0.15, 0.2) is 5.13 Å². The van der Waals surface area contributed by atoms with E-state index in [1.807, 2.05) is 19.2 Å². The number of anilines is 1. The first kappa shape index (κ1) is 15.6. The molecule has 2 aromatic heterocycles. The van der Waals surface area contributed by atoms with Crippen LogP contribution in [0.4, 0.5) is 5.13 Å². The number of hydrogen-bond donors (Lipinski definition) is 2. The van der Waals surface area contributed by atoms with E-state index in [0.29, 0.717) is 18.2 Å². The van der Waals surface area contributed by atoms with Crippen LogP contribution < -0.4 is 5.32 Å². The van der Waals surface area contributed by atoms with Crippen LogP contribution in [0.5, 0.6) is 0 Å². The van der Waals surface area contributed by atoms with Gasteiger partial charge in [0.05, 0.1) is 17.9 Å². The van der Waals surface area contributed by atoms with Crippen molar-refractivity contribution < 1.29 is 9.53 Å². The minimum atomic E-state index is -0.286. The molecule has 6 heteroatoms. The summed E-state index contributed by atoms with van der Waals surface area (Å²) in [5.74, 6) is -0.286. The van der Waals surface area contributed by atoms with Crippen molar-refractivity contribution in [3.05, 3.63) is 22.2 Å². The van der Waals surface area contributed by atoms with Crippen molar-refractivity contribution in [1.82, 2.24) is 9.97 Å². The van der Waals surface area contributed by atoms with Crippen LogP contribution in [-0.4, -0.2) is 28.6 Å². The molecule has 5 nitrogen and oxygen atoms in total. The molecule has 0 spiro atoms. The molecule has 0 aliphatic carbocycles. The van der Waals surface area contributed by atoms with E-state index in [2.05, 4.69) is 29.1 Å². The molecule has 2 aromatic rings. The van der Waals surface area contributed by atoms with Crippen LogP contribution in [0.25, 0.3) is 11.4 Å². The SMILES string of the molecule is CCOC(=O)c1c(C)[nH]c(-c2csc(NC(C)C)n2)c1C. The third kappa shape index (κ3) is 3.26. The van der Waals surface area contributed by atoms with Crippen molar-refractivity contribution >= 4 is 22.4 Å². The highest BCUT2D eigenvalue weighted by molar-refractivity contribution is 7.14. The summed E-state index contributed by atoms with van der Waals surface area (Å²) in [6.07, 6.45) is 0. The molecular formula is C15H21N3O2S. The Labute approximate surface area is 128 Å². The first-order valence-corrected chi connectivity index (χ1v) is 7.90. The molecule has 0 atom stereocenters. The zero-order chi connectivity index (χ0) is 15.6. The Hall–Kier alpha value is -1.82. The summed E-state index contributed by atoms with van der Waals surface area (Å²) in [5.41, 5.74) is 4.03. The van der Waals surface area contributed by atoms with Gasteiger partial charge in [-0.2, -0.15) is 0 Å². The maximum Gasteiger partial charge on any atom is 0.340 e. The van der Waals surface area contributed by atoms with E-state index in [1.54, 1.807) is 18.3 Å². The normalized spacial score (nSPS) is 11.0. The minimum Gasteiger partial charge on any atom is -0.462 e. The lowest BCUT2D eigenvalue weighted by Crippen LogP contribution is -2.09. The number of aromatic nitrogens is 2. The summed E-state index contributed by atoms with van der Waals surface area (Å²) in [4.78, 5) is 19.8. The molecule has 114 valence electrons. The zero-order valence-electron chi connectivity index (χ0n) is 13.0. The van der Waals surface area contributed by atoms with E-state index in [9.17, 15) is 4.79 Å². The number of rotatable bonds is 5.